The van der Waals surface area contributed by atoms with Crippen LogP contribution in [0.25, 0.3) is 0 Å². The molecule has 1 N–H and O–H groups in total. The Labute approximate surface area is 166 Å². The molecule has 3 atom stereocenters. The normalized spacial score (nSPS) is 23.3. The summed E-state index contributed by atoms with van der Waals surface area (Å²) in [6.45, 7) is 8.48. The smallest absolute Gasteiger partial charge is 0.231 e. The topological polar surface area (TPSA) is 49.4 Å². The Hall–Kier alpha value is -2.62. The SMILES string of the molecule is CC1Cc2ccccc2N1C(=O)C1CC1C(=O)Nc1ccccc1C(C)(C)C. The maximum Gasteiger partial charge on any atom is 0.231 e. The van der Waals surface area contributed by atoms with Gasteiger partial charge in [-0.1, -0.05) is 57.2 Å². The number of carbonyl (C=O) groups excluding carboxylic acids is 2. The van der Waals surface area contributed by atoms with Crippen LogP contribution in [0.3, 0.4) is 0 Å². The molecule has 4 heteroatoms. The van der Waals surface area contributed by atoms with Crippen molar-refractivity contribution in [1.82, 2.24) is 0 Å². The highest BCUT2D eigenvalue weighted by molar-refractivity contribution is 6.05. The van der Waals surface area contributed by atoms with Gasteiger partial charge in [-0.25, -0.2) is 0 Å². The number of benzene rings is 2. The molecule has 4 rings (SSSR count). The van der Waals surface area contributed by atoms with Crippen molar-refractivity contribution in [2.24, 2.45) is 11.8 Å². The average Bonchev–Trinajstić information content (AvgIpc) is 3.37. The standard InChI is InChI=1S/C24H28N2O2/c1-15-13-16-9-5-8-12-21(16)26(15)23(28)18-14-17(18)22(27)25-20-11-7-6-10-19(20)24(2,3)4/h5-12,15,17-18H,13-14H2,1-4H3,(H,25,27). The van der Waals surface area contributed by atoms with Crippen LogP contribution in [0, 0.1) is 11.8 Å². The predicted molar refractivity (Wildman–Crippen MR) is 112 cm³/mol. The molecule has 0 bridgehead atoms. The summed E-state index contributed by atoms with van der Waals surface area (Å²) < 4.78 is 0. The third-order valence-electron chi connectivity index (χ3n) is 5.88. The summed E-state index contributed by atoms with van der Waals surface area (Å²) in [6.07, 6.45) is 1.51. The fourth-order valence-electron chi connectivity index (χ4n) is 4.31. The van der Waals surface area contributed by atoms with Crippen LogP contribution in [-0.4, -0.2) is 17.9 Å². The summed E-state index contributed by atoms with van der Waals surface area (Å²) in [5.41, 5.74) is 4.11. The molecule has 2 aliphatic rings. The number of fused-ring (bicyclic) bond motifs is 1. The van der Waals surface area contributed by atoms with Crippen LogP contribution in [-0.2, 0) is 21.4 Å². The molecule has 1 fully saturated rings. The van der Waals surface area contributed by atoms with Crippen LogP contribution >= 0.6 is 0 Å². The van der Waals surface area contributed by atoms with Gasteiger partial charge >= 0.3 is 0 Å². The van der Waals surface area contributed by atoms with Crippen molar-refractivity contribution in [2.45, 2.75) is 52.0 Å². The molecule has 2 aromatic rings. The van der Waals surface area contributed by atoms with Crippen LogP contribution in [0.15, 0.2) is 48.5 Å². The third-order valence-corrected chi connectivity index (χ3v) is 5.88. The molecule has 0 spiro atoms. The molecule has 2 amide bonds. The van der Waals surface area contributed by atoms with E-state index < -0.39 is 0 Å². The lowest BCUT2D eigenvalue weighted by Crippen LogP contribution is -2.37. The Kier molecular flexibility index (Phi) is 4.53. The first-order valence-electron chi connectivity index (χ1n) is 10.1. The van der Waals surface area contributed by atoms with Crippen molar-refractivity contribution in [3.05, 3.63) is 59.7 Å². The number of rotatable bonds is 3. The van der Waals surface area contributed by atoms with Crippen LogP contribution in [0.2, 0.25) is 0 Å². The number of anilines is 2. The van der Waals surface area contributed by atoms with E-state index in [-0.39, 0.29) is 35.1 Å². The van der Waals surface area contributed by atoms with E-state index in [4.69, 9.17) is 0 Å². The first-order valence-corrected chi connectivity index (χ1v) is 10.1. The predicted octanol–water partition coefficient (Wildman–Crippen LogP) is 4.54. The van der Waals surface area contributed by atoms with Crippen LogP contribution in [0.4, 0.5) is 11.4 Å². The Morgan fingerprint density at radius 3 is 2.43 bits per heavy atom. The molecule has 0 radical (unpaired) electrons. The lowest BCUT2D eigenvalue weighted by atomic mass is 9.86. The Morgan fingerprint density at radius 1 is 1.00 bits per heavy atom. The van der Waals surface area contributed by atoms with Crippen molar-refractivity contribution in [2.75, 3.05) is 10.2 Å². The van der Waals surface area contributed by atoms with Gasteiger partial charge in [0.15, 0.2) is 0 Å². The van der Waals surface area contributed by atoms with Crippen molar-refractivity contribution >= 4 is 23.2 Å². The van der Waals surface area contributed by atoms with Crippen molar-refractivity contribution in [3.8, 4) is 0 Å². The number of carbonyl (C=O) groups is 2. The summed E-state index contributed by atoms with van der Waals surface area (Å²) in [5.74, 6) is -0.409. The Morgan fingerprint density at radius 2 is 1.68 bits per heavy atom. The summed E-state index contributed by atoms with van der Waals surface area (Å²) in [6, 6.07) is 16.1. The summed E-state index contributed by atoms with van der Waals surface area (Å²) in [4.78, 5) is 27.8. The zero-order chi connectivity index (χ0) is 20.1. The second-order valence-corrected chi connectivity index (χ2v) is 9.12. The number of para-hydroxylation sites is 2. The molecular formula is C24H28N2O2. The molecule has 2 aromatic carbocycles. The molecule has 1 saturated carbocycles. The van der Waals surface area contributed by atoms with Gasteiger partial charge in [0.2, 0.25) is 11.8 Å². The summed E-state index contributed by atoms with van der Waals surface area (Å²) >= 11 is 0. The zero-order valence-electron chi connectivity index (χ0n) is 17.0. The largest absolute Gasteiger partial charge is 0.326 e. The lowest BCUT2D eigenvalue weighted by molar-refractivity contribution is -0.123. The number of nitrogens with zero attached hydrogens (tertiary/aromatic N) is 1. The van der Waals surface area contributed by atoms with E-state index in [0.29, 0.717) is 6.42 Å². The van der Waals surface area contributed by atoms with Crippen molar-refractivity contribution in [1.29, 1.82) is 0 Å². The molecular weight excluding hydrogens is 348 g/mol. The minimum atomic E-state index is -0.236. The molecule has 28 heavy (non-hydrogen) atoms. The minimum absolute atomic E-state index is 0.0461. The van der Waals surface area contributed by atoms with Gasteiger partial charge in [0, 0.05) is 17.4 Å². The maximum atomic E-state index is 13.1. The van der Waals surface area contributed by atoms with Gasteiger partial charge in [0.05, 0.1) is 11.8 Å². The Balaban J connectivity index is 1.47. The molecule has 0 aromatic heterocycles. The number of nitrogens with one attached hydrogen (secondary N) is 1. The van der Waals surface area contributed by atoms with E-state index in [0.717, 1.165) is 23.4 Å². The van der Waals surface area contributed by atoms with Crippen LogP contribution < -0.4 is 10.2 Å². The van der Waals surface area contributed by atoms with Gasteiger partial charge in [-0.2, -0.15) is 0 Å². The summed E-state index contributed by atoms with van der Waals surface area (Å²) in [5, 5.41) is 3.08. The van der Waals surface area contributed by atoms with E-state index in [1.165, 1.54) is 5.56 Å². The maximum absolute atomic E-state index is 13.1. The van der Waals surface area contributed by atoms with E-state index in [1.54, 1.807) is 0 Å². The fraction of sp³-hybridized carbons (Fsp3) is 0.417. The first-order chi connectivity index (χ1) is 13.3. The van der Waals surface area contributed by atoms with Gasteiger partial charge in [-0.15, -0.1) is 0 Å². The molecule has 1 aliphatic heterocycles. The average molecular weight is 377 g/mol. The van der Waals surface area contributed by atoms with E-state index in [1.807, 2.05) is 47.4 Å². The van der Waals surface area contributed by atoms with Crippen molar-refractivity contribution in [3.63, 3.8) is 0 Å². The molecule has 3 unspecified atom stereocenters. The first kappa shape index (κ1) is 18.7. The lowest BCUT2D eigenvalue weighted by Gasteiger charge is -2.24. The monoisotopic (exact) mass is 376 g/mol. The number of hydrogen-bond acceptors (Lipinski definition) is 2. The second kappa shape index (κ2) is 6.77. The number of amides is 2. The van der Waals surface area contributed by atoms with Gasteiger partial charge in [-0.3, -0.25) is 9.59 Å². The molecule has 0 saturated heterocycles. The fourth-order valence-corrected chi connectivity index (χ4v) is 4.31. The van der Waals surface area contributed by atoms with E-state index >= 15 is 0 Å². The van der Waals surface area contributed by atoms with Crippen LogP contribution in [0.1, 0.15) is 45.2 Å². The van der Waals surface area contributed by atoms with Gasteiger partial charge < -0.3 is 10.2 Å². The summed E-state index contributed by atoms with van der Waals surface area (Å²) in [7, 11) is 0. The Bertz CT molecular complexity index is 928. The molecule has 146 valence electrons. The second-order valence-electron chi connectivity index (χ2n) is 9.12. The van der Waals surface area contributed by atoms with Gasteiger partial charge in [0.25, 0.3) is 0 Å². The molecule has 4 nitrogen and oxygen atoms in total. The van der Waals surface area contributed by atoms with Gasteiger partial charge in [0.1, 0.15) is 0 Å². The van der Waals surface area contributed by atoms with E-state index in [9.17, 15) is 9.59 Å². The van der Waals surface area contributed by atoms with E-state index in [2.05, 4.69) is 39.1 Å². The van der Waals surface area contributed by atoms with Gasteiger partial charge in [-0.05, 0) is 48.4 Å². The number of hydrogen-bond donors (Lipinski definition) is 1. The third kappa shape index (κ3) is 3.32. The molecule has 1 heterocycles. The molecule has 1 aliphatic carbocycles. The highest BCUT2D eigenvalue weighted by Crippen LogP contribution is 2.44. The zero-order valence-corrected chi connectivity index (χ0v) is 17.0. The highest BCUT2D eigenvalue weighted by Gasteiger charge is 2.51. The van der Waals surface area contributed by atoms with Crippen molar-refractivity contribution < 1.29 is 9.59 Å². The quantitative estimate of drug-likeness (QED) is 0.855. The highest BCUT2D eigenvalue weighted by atomic mass is 16.2. The van der Waals surface area contributed by atoms with Crippen LogP contribution in [0.5, 0.6) is 0 Å². The minimum Gasteiger partial charge on any atom is -0.326 e.